The number of hydrogen-bond donors (Lipinski definition) is 2. The van der Waals surface area contributed by atoms with E-state index in [4.69, 9.17) is 0 Å². The Kier molecular flexibility index (Phi) is 4.90. The van der Waals surface area contributed by atoms with Crippen LogP contribution in [0.1, 0.15) is 35.8 Å². The highest BCUT2D eigenvalue weighted by Gasteiger charge is 2.36. The van der Waals surface area contributed by atoms with Gasteiger partial charge in [-0.25, -0.2) is 4.68 Å². The van der Waals surface area contributed by atoms with Crippen LogP contribution in [0.2, 0.25) is 0 Å². The van der Waals surface area contributed by atoms with Gasteiger partial charge in [-0.3, -0.25) is 14.5 Å². The molecule has 1 aliphatic carbocycles. The Bertz CT molecular complexity index is 666. The van der Waals surface area contributed by atoms with Crippen LogP contribution in [0.4, 0.5) is 0 Å². The molecule has 1 unspecified atom stereocenters. The van der Waals surface area contributed by atoms with E-state index in [-0.39, 0.29) is 23.8 Å². The van der Waals surface area contributed by atoms with E-state index in [1.165, 1.54) is 0 Å². The quantitative estimate of drug-likeness (QED) is 0.623. The maximum Gasteiger partial charge on any atom is 0.273 e. The molecule has 1 aromatic heterocycles. The summed E-state index contributed by atoms with van der Waals surface area (Å²) in [6.07, 6.45) is 4.91. The van der Waals surface area contributed by atoms with Gasteiger partial charge in [0.1, 0.15) is 0 Å². The third kappa shape index (κ3) is 3.73. The Balaban J connectivity index is 1.18. The van der Waals surface area contributed by atoms with Gasteiger partial charge in [0.2, 0.25) is 5.91 Å². The molecule has 142 valence electrons. The van der Waals surface area contributed by atoms with Crippen LogP contribution in [-0.4, -0.2) is 89.0 Å². The first-order chi connectivity index (χ1) is 12.6. The Labute approximate surface area is 153 Å². The van der Waals surface area contributed by atoms with Crippen molar-refractivity contribution in [2.24, 2.45) is 5.92 Å². The molecular weight excluding hydrogens is 334 g/mol. The van der Waals surface area contributed by atoms with Gasteiger partial charge in [-0.15, -0.1) is 5.10 Å². The molecule has 0 spiro atoms. The number of likely N-dealkylation sites (tertiary alicyclic amines) is 2. The summed E-state index contributed by atoms with van der Waals surface area (Å²) in [6.45, 7) is 4.86. The van der Waals surface area contributed by atoms with Gasteiger partial charge in [-0.05, 0) is 26.3 Å². The summed E-state index contributed by atoms with van der Waals surface area (Å²) in [4.78, 5) is 28.8. The molecule has 3 fully saturated rings. The van der Waals surface area contributed by atoms with Gasteiger partial charge >= 0.3 is 0 Å². The number of carbonyl (C=O) groups excluding carboxylic acids is 2. The molecule has 4 rings (SSSR count). The predicted octanol–water partition coefficient (Wildman–Crippen LogP) is -0.905. The van der Waals surface area contributed by atoms with Gasteiger partial charge in [0.25, 0.3) is 5.91 Å². The number of rotatable bonds is 8. The lowest BCUT2D eigenvalue weighted by atomic mass is 10.0. The van der Waals surface area contributed by atoms with E-state index in [1.54, 1.807) is 10.9 Å². The summed E-state index contributed by atoms with van der Waals surface area (Å²) in [7, 11) is 1.90. The minimum Gasteiger partial charge on any atom is -0.345 e. The third-order valence-electron chi connectivity index (χ3n) is 5.48. The smallest absolute Gasteiger partial charge is 0.273 e. The van der Waals surface area contributed by atoms with E-state index in [0.29, 0.717) is 11.7 Å². The molecule has 26 heavy (non-hydrogen) atoms. The zero-order chi connectivity index (χ0) is 18.1. The van der Waals surface area contributed by atoms with Crippen LogP contribution in [-0.2, 0) is 4.79 Å². The summed E-state index contributed by atoms with van der Waals surface area (Å²) in [5.41, 5.74) is 0.390. The van der Waals surface area contributed by atoms with Crippen molar-refractivity contribution in [3.05, 3.63) is 11.9 Å². The van der Waals surface area contributed by atoms with Gasteiger partial charge in [-0.2, -0.15) is 0 Å². The number of nitrogens with zero attached hydrogens (tertiary/aromatic N) is 5. The Morgan fingerprint density at radius 3 is 2.85 bits per heavy atom. The summed E-state index contributed by atoms with van der Waals surface area (Å²) in [5, 5.41) is 14.1. The Morgan fingerprint density at radius 1 is 1.31 bits per heavy atom. The summed E-state index contributed by atoms with van der Waals surface area (Å²) in [6, 6.07) is 0.561. The van der Waals surface area contributed by atoms with E-state index < -0.39 is 0 Å². The zero-order valence-electron chi connectivity index (χ0n) is 15.2. The highest BCUT2D eigenvalue weighted by Crippen LogP contribution is 2.33. The van der Waals surface area contributed by atoms with Crippen LogP contribution in [0, 0.1) is 5.92 Å². The van der Waals surface area contributed by atoms with Crippen molar-refractivity contribution in [2.45, 2.75) is 31.3 Å². The number of aromatic nitrogens is 3. The molecule has 9 nitrogen and oxygen atoms in total. The van der Waals surface area contributed by atoms with Crippen molar-refractivity contribution in [1.29, 1.82) is 0 Å². The monoisotopic (exact) mass is 361 g/mol. The second kappa shape index (κ2) is 7.32. The summed E-state index contributed by atoms with van der Waals surface area (Å²) >= 11 is 0. The normalized spacial score (nSPS) is 24.1. The van der Waals surface area contributed by atoms with Crippen molar-refractivity contribution in [2.75, 3.05) is 46.3 Å². The van der Waals surface area contributed by atoms with Crippen LogP contribution in [0.3, 0.4) is 0 Å². The lowest BCUT2D eigenvalue weighted by Crippen LogP contribution is -2.60. The number of carbonyl (C=O) groups is 2. The van der Waals surface area contributed by atoms with Crippen molar-refractivity contribution >= 4 is 11.8 Å². The molecule has 9 heteroatoms. The first-order valence-corrected chi connectivity index (χ1v) is 9.52. The van der Waals surface area contributed by atoms with Gasteiger partial charge in [-0.1, -0.05) is 5.21 Å². The summed E-state index contributed by atoms with van der Waals surface area (Å²) < 4.78 is 1.79. The van der Waals surface area contributed by atoms with Crippen molar-refractivity contribution in [1.82, 2.24) is 35.4 Å². The topological polar surface area (TPSA) is 95.4 Å². The number of amides is 2. The highest BCUT2D eigenvalue weighted by molar-refractivity contribution is 5.92. The molecule has 2 N–H and O–H groups in total. The molecule has 2 aliphatic heterocycles. The third-order valence-corrected chi connectivity index (χ3v) is 5.48. The van der Waals surface area contributed by atoms with Gasteiger partial charge in [0.05, 0.1) is 24.2 Å². The first kappa shape index (κ1) is 17.4. The highest BCUT2D eigenvalue weighted by atomic mass is 16.2. The molecule has 3 heterocycles. The lowest BCUT2D eigenvalue weighted by molar-refractivity contribution is -0.131. The fourth-order valence-corrected chi connectivity index (χ4v) is 3.72. The molecule has 0 radical (unpaired) electrons. The van der Waals surface area contributed by atoms with E-state index >= 15 is 0 Å². The van der Waals surface area contributed by atoms with Crippen LogP contribution < -0.4 is 10.6 Å². The predicted molar refractivity (Wildman–Crippen MR) is 94.6 cm³/mol. The molecular formula is C17H27N7O2. The largest absolute Gasteiger partial charge is 0.345 e. The number of nitrogens with one attached hydrogen (secondary N) is 2. The van der Waals surface area contributed by atoms with Gasteiger partial charge < -0.3 is 15.5 Å². The van der Waals surface area contributed by atoms with E-state index in [2.05, 4.69) is 25.8 Å². The molecule has 2 saturated heterocycles. The number of hydrogen-bond acceptors (Lipinski definition) is 6. The van der Waals surface area contributed by atoms with Crippen LogP contribution in [0.5, 0.6) is 0 Å². The minimum absolute atomic E-state index is 0.0990. The number of likely N-dealkylation sites (N-methyl/N-ethyl adjacent to an activating group) is 1. The Morgan fingerprint density at radius 2 is 2.12 bits per heavy atom. The second-order valence-corrected chi connectivity index (χ2v) is 7.62. The van der Waals surface area contributed by atoms with Crippen molar-refractivity contribution in [3.63, 3.8) is 0 Å². The van der Waals surface area contributed by atoms with Crippen LogP contribution in [0.15, 0.2) is 6.20 Å². The van der Waals surface area contributed by atoms with Crippen molar-refractivity contribution < 1.29 is 9.59 Å². The molecule has 0 aromatic carbocycles. The maximum absolute atomic E-state index is 12.4. The van der Waals surface area contributed by atoms with E-state index in [0.717, 1.165) is 58.5 Å². The van der Waals surface area contributed by atoms with E-state index in [1.807, 2.05) is 11.9 Å². The molecule has 1 atom stereocenters. The van der Waals surface area contributed by atoms with Crippen LogP contribution >= 0.6 is 0 Å². The Hall–Kier alpha value is -2.00. The first-order valence-electron chi connectivity index (χ1n) is 9.52. The van der Waals surface area contributed by atoms with Crippen molar-refractivity contribution in [3.8, 4) is 0 Å². The fourth-order valence-electron chi connectivity index (χ4n) is 3.72. The standard InChI is InChI=1S/C17H27N7O2/c1-18-5-7-23-6-4-12(17(23)26)8-22-9-13(10-22)19-16(25)15-11-24(21-20-15)14-2-3-14/h11-14,18H,2-10H2,1H3,(H,19,25). The summed E-state index contributed by atoms with van der Waals surface area (Å²) in [5.74, 6) is 0.211. The average Bonchev–Trinajstić information content (AvgIpc) is 3.23. The SMILES string of the molecule is CNCCN1CCC(CN2CC(NC(=O)c3cn(C4CC4)nn3)C2)C1=O. The zero-order valence-corrected chi connectivity index (χ0v) is 15.2. The van der Waals surface area contributed by atoms with Crippen LogP contribution in [0.25, 0.3) is 0 Å². The van der Waals surface area contributed by atoms with Gasteiger partial charge in [0.15, 0.2) is 5.69 Å². The molecule has 3 aliphatic rings. The molecule has 2 amide bonds. The lowest BCUT2D eigenvalue weighted by Gasteiger charge is -2.40. The maximum atomic E-state index is 12.4. The second-order valence-electron chi connectivity index (χ2n) is 7.62. The molecule has 1 saturated carbocycles. The average molecular weight is 361 g/mol. The minimum atomic E-state index is -0.156. The molecule has 1 aromatic rings. The van der Waals surface area contributed by atoms with Gasteiger partial charge in [0, 0.05) is 39.3 Å². The fraction of sp³-hybridized carbons (Fsp3) is 0.765. The molecule has 0 bridgehead atoms. The van der Waals surface area contributed by atoms with E-state index in [9.17, 15) is 9.59 Å².